The Morgan fingerprint density at radius 2 is 1.74 bits per heavy atom. The van der Waals surface area contributed by atoms with Gasteiger partial charge in [-0.3, -0.25) is 4.79 Å². The van der Waals surface area contributed by atoms with Crippen LogP contribution in [0.4, 0.5) is 4.39 Å². The van der Waals surface area contributed by atoms with E-state index in [0.29, 0.717) is 5.75 Å². The van der Waals surface area contributed by atoms with Crippen LogP contribution in [0.2, 0.25) is 0 Å². The number of hydrogen-bond acceptors (Lipinski definition) is 4. The van der Waals surface area contributed by atoms with Crippen LogP contribution < -0.4 is 10.1 Å². The largest absolute Gasteiger partial charge is 0.482 e. The van der Waals surface area contributed by atoms with Crippen molar-refractivity contribution in [3.8, 4) is 5.75 Å². The van der Waals surface area contributed by atoms with Gasteiger partial charge in [0.2, 0.25) is 0 Å². The second-order valence-electron chi connectivity index (χ2n) is 6.14. The third-order valence-corrected chi connectivity index (χ3v) is 3.94. The highest BCUT2D eigenvalue weighted by Gasteiger charge is 2.21. The maximum Gasteiger partial charge on any atom is 0.344 e. The average molecular weight is 373 g/mol. The first-order chi connectivity index (χ1) is 13.0. The van der Waals surface area contributed by atoms with E-state index in [-0.39, 0.29) is 18.6 Å². The lowest BCUT2D eigenvalue weighted by atomic mass is 10.0. The smallest absolute Gasteiger partial charge is 0.344 e. The van der Waals surface area contributed by atoms with E-state index in [9.17, 15) is 14.0 Å². The van der Waals surface area contributed by atoms with Crippen LogP contribution in [0.5, 0.6) is 5.75 Å². The highest BCUT2D eigenvalue weighted by molar-refractivity contribution is 5.84. The van der Waals surface area contributed by atoms with Gasteiger partial charge in [-0.15, -0.1) is 0 Å². The molecule has 0 spiro atoms. The first-order valence-electron chi connectivity index (χ1n) is 8.92. The van der Waals surface area contributed by atoms with Gasteiger partial charge in [-0.1, -0.05) is 43.7 Å². The number of halogens is 1. The monoisotopic (exact) mass is 373 g/mol. The Hall–Kier alpha value is -2.89. The molecule has 2 atom stereocenters. The summed E-state index contributed by atoms with van der Waals surface area (Å²) in [7, 11) is 0. The molecule has 5 nitrogen and oxygen atoms in total. The van der Waals surface area contributed by atoms with Gasteiger partial charge >= 0.3 is 5.97 Å². The van der Waals surface area contributed by atoms with Crippen molar-refractivity contribution in [1.82, 2.24) is 5.32 Å². The molecule has 0 bridgehead atoms. The first-order valence-corrected chi connectivity index (χ1v) is 8.92. The molecule has 0 aliphatic rings. The first kappa shape index (κ1) is 20.4. The lowest BCUT2D eigenvalue weighted by Crippen LogP contribution is -2.38. The van der Waals surface area contributed by atoms with E-state index in [1.807, 2.05) is 37.3 Å². The summed E-state index contributed by atoms with van der Waals surface area (Å²) in [5.74, 6) is -1.09. The molecule has 0 unspecified atom stereocenters. The Balaban J connectivity index is 1.84. The van der Waals surface area contributed by atoms with E-state index in [1.165, 1.54) is 31.2 Å². The van der Waals surface area contributed by atoms with Crippen molar-refractivity contribution in [3.05, 3.63) is 66.0 Å². The van der Waals surface area contributed by atoms with Crippen molar-refractivity contribution in [2.75, 3.05) is 6.61 Å². The van der Waals surface area contributed by atoms with Crippen LogP contribution in [0.25, 0.3) is 0 Å². The Morgan fingerprint density at radius 1 is 1.07 bits per heavy atom. The number of hydrogen-bond donors (Lipinski definition) is 1. The summed E-state index contributed by atoms with van der Waals surface area (Å²) in [6.07, 6.45) is 0.737. The number of amides is 1. The molecule has 27 heavy (non-hydrogen) atoms. The molecule has 2 aromatic rings. The van der Waals surface area contributed by atoms with Crippen molar-refractivity contribution in [1.29, 1.82) is 0 Å². The van der Waals surface area contributed by atoms with E-state index < -0.39 is 17.9 Å². The van der Waals surface area contributed by atoms with Gasteiger partial charge in [0.25, 0.3) is 5.91 Å². The minimum absolute atomic E-state index is 0.139. The minimum Gasteiger partial charge on any atom is -0.482 e. The maximum atomic E-state index is 12.8. The van der Waals surface area contributed by atoms with Gasteiger partial charge in [0.15, 0.2) is 12.7 Å². The summed E-state index contributed by atoms with van der Waals surface area (Å²) in [5.41, 5.74) is 1.01. The molecule has 0 saturated heterocycles. The van der Waals surface area contributed by atoms with Crippen molar-refractivity contribution in [2.24, 2.45) is 0 Å². The zero-order valence-corrected chi connectivity index (χ0v) is 15.5. The number of ether oxygens (including phenoxy) is 2. The number of carbonyl (C=O) groups is 2. The van der Waals surface area contributed by atoms with Gasteiger partial charge in [-0.05, 0) is 43.2 Å². The van der Waals surface area contributed by atoms with E-state index in [4.69, 9.17) is 9.47 Å². The van der Waals surface area contributed by atoms with Crippen LogP contribution in [0.1, 0.15) is 38.3 Å². The summed E-state index contributed by atoms with van der Waals surface area (Å²) in [6, 6.07) is 14.8. The predicted octanol–water partition coefficient (Wildman–Crippen LogP) is 3.79. The third kappa shape index (κ3) is 6.73. The number of rotatable bonds is 9. The molecule has 2 rings (SSSR count). The van der Waals surface area contributed by atoms with E-state index in [1.54, 1.807) is 0 Å². The number of carbonyl (C=O) groups excluding carboxylic acids is 2. The summed E-state index contributed by atoms with van der Waals surface area (Å²) in [4.78, 5) is 24.3. The molecule has 144 valence electrons. The van der Waals surface area contributed by atoms with Crippen molar-refractivity contribution >= 4 is 11.9 Å². The molecule has 0 aromatic heterocycles. The quantitative estimate of drug-likeness (QED) is 0.679. The number of benzene rings is 2. The fraction of sp³-hybridized carbons (Fsp3) is 0.333. The van der Waals surface area contributed by atoms with Crippen molar-refractivity contribution < 1.29 is 23.5 Å². The molecule has 1 N–H and O–H groups in total. The van der Waals surface area contributed by atoms with Crippen LogP contribution in [-0.2, 0) is 14.3 Å². The fourth-order valence-electron chi connectivity index (χ4n) is 2.54. The van der Waals surface area contributed by atoms with E-state index in [2.05, 4.69) is 5.32 Å². The van der Waals surface area contributed by atoms with Crippen molar-refractivity contribution in [2.45, 2.75) is 38.8 Å². The standard InChI is InChI=1S/C21H24FNO4/c1-3-7-19(16-8-5-4-6-9-16)23-21(25)15(2)27-20(24)14-26-18-12-10-17(22)11-13-18/h4-6,8-13,15,19H,3,7,14H2,1-2H3,(H,23,25)/t15-,19-/m1/s1. The third-order valence-electron chi connectivity index (χ3n) is 3.94. The van der Waals surface area contributed by atoms with Crippen LogP contribution >= 0.6 is 0 Å². The van der Waals surface area contributed by atoms with Crippen LogP contribution in [0.3, 0.4) is 0 Å². The topological polar surface area (TPSA) is 64.6 Å². The fourth-order valence-corrected chi connectivity index (χ4v) is 2.54. The number of esters is 1. The molecular formula is C21H24FNO4. The second kappa shape index (κ2) is 10.3. The lowest BCUT2D eigenvalue weighted by molar-refractivity contribution is -0.156. The molecule has 6 heteroatoms. The normalized spacial score (nSPS) is 12.7. The van der Waals surface area contributed by atoms with Gasteiger partial charge < -0.3 is 14.8 Å². The summed E-state index contributed by atoms with van der Waals surface area (Å²) in [5, 5.41) is 2.92. The molecule has 0 heterocycles. The van der Waals surface area contributed by atoms with Crippen LogP contribution in [0, 0.1) is 5.82 Å². The second-order valence-corrected chi connectivity index (χ2v) is 6.14. The summed E-state index contributed by atoms with van der Waals surface area (Å²) in [6.45, 7) is 3.19. The summed E-state index contributed by atoms with van der Waals surface area (Å²) < 4.78 is 23.2. The zero-order valence-electron chi connectivity index (χ0n) is 15.5. The molecule has 0 saturated carbocycles. The Labute approximate surface area is 158 Å². The molecule has 1 amide bonds. The Morgan fingerprint density at radius 3 is 2.37 bits per heavy atom. The molecular weight excluding hydrogens is 349 g/mol. The average Bonchev–Trinajstić information content (AvgIpc) is 2.67. The van der Waals surface area contributed by atoms with Gasteiger partial charge in [-0.25, -0.2) is 9.18 Å². The van der Waals surface area contributed by atoms with Gasteiger partial charge in [0, 0.05) is 0 Å². The number of nitrogens with one attached hydrogen (secondary N) is 1. The molecule has 0 aliphatic heterocycles. The van der Waals surface area contributed by atoms with Crippen molar-refractivity contribution in [3.63, 3.8) is 0 Å². The van der Waals surface area contributed by atoms with Crippen LogP contribution in [0.15, 0.2) is 54.6 Å². The molecule has 0 fully saturated rings. The molecule has 0 radical (unpaired) electrons. The molecule has 0 aliphatic carbocycles. The van der Waals surface area contributed by atoms with Gasteiger partial charge in [-0.2, -0.15) is 0 Å². The van der Waals surface area contributed by atoms with Gasteiger partial charge in [0.05, 0.1) is 6.04 Å². The van der Waals surface area contributed by atoms with Gasteiger partial charge in [0.1, 0.15) is 11.6 Å². The molecule has 2 aromatic carbocycles. The Bertz CT molecular complexity index is 734. The highest BCUT2D eigenvalue weighted by Crippen LogP contribution is 2.18. The zero-order chi connectivity index (χ0) is 19.6. The van der Waals surface area contributed by atoms with E-state index in [0.717, 1.165) is 18.4 Å². The van der Waals surface area contributed by atoms with Crippen LogP contribution in [-0.4, -0.2) is 24.6 Å². The highest BCUT2D eigenvalue weighted by atomic mass is 19.1. The summed E-state index contributed by atoms with van der Waals surface area (Å²) >= 11 is 0. The SMILES string of the molecule is CCC[C@@H](NC(=O)[C@@H](C)OC(=O)COc1ccc(F)cc1)c1ccccc1. The minimum atomic E-state index is -0.947. The lowest BCUT2D eigenvalue weighted by Gasteiger charge is -2.21. The van der Waals surface area contributed by atoms with E-state index >= 15 is 0 Å². The maximum absolute atomic E-state index is 12.8. The predicted molar refractivity (Wildman–Crippen MR) is 99.7 cm³/mol. The Kier molecular flexibility index (Phi) is 7.79.